The van der Waals surface area contributed by atoms with E-state index in [9.17, 15) is 0 Å². The van der Waals surface area contributed by atoms with E-state index >= 15 is 0 Å². The smallest absolute Gasteiger partial charge is 0.138 e. The molecule has 1 rings (SSSR count). The Labute approximate surface area is 117 Å². The van der Waals surface area contributed by atoms with Gasteiger partial charge in [-0.3, -0.25) is 0 Å². The zero-order valence-electron chi connectivity index (χ0n) is 13.5. The Morgan fingerprint density at radius 1 is 1.16 bits per heavy atom. The normalized spacial score (nSPS) is 11.5. The van der Waals surface area contributed by atoms with Gasteiger partial charge in [0.15, 0.2) is 0 Å². The highest BCUT2D eigenvalue weighted by atomic mass is 15.2. The predicted octanol–water partition coefficient (Wildman–Crippen LogP) is 3.36. The SMILES string of the molecule is CCCN(CC)c1nc(C(C)(C)C)nc(NC)c1C. The van der Waals surface area contributed by atoms with E-state index in [1.165, 1.54) is 0 Å². The van der Waals surface area contributed by atoms with Crippen LogP contribution < -0.4 is 10.2 Å². The Morgan fingerprint density at radius 3 is 2.21 bits per heavy atom. The minimum Gasteiger partial charge on any atom is -0.373 e. The van der Waals surface area contributed by atoms with E-state index in [1.807, 2.05) is 7.05 Å². The van der Waals surface area contributed by atoms with Gasteiger partial charge in [0, 0.05) is 31.1 Å². The number of nitrogens with one attached hydrogen (secondary N) is 1. The summed E-state index contributed by atoms with van der Waals surface area (Å²) in [4.78, 5) is 11.8. The van der Waals surface area contributed by atoms with Crippen LogP contribution in [0, 0.1) is 6.92 Å². The number of aromatic nitrogens is 2. The summed E-state index contributed by atoms with van der Waals surface area (Å²) in [5.74, 6) is 2.89. The number of rotatable bonds is 5. The van der Waals surface area contributed by atoms with Crippen molar-refractivity contribution in [1.82, 2.24) is 9.97 Å². The van der Waals surface area contributed by atoms with Crippen LogP contribution in [-0.2, 0) is 5.41 Å². The van der Waals surface area contributed by atoms with E-state index in [4.69, 9.17) is 4.98 Å². The van der Waals surface area contributed by atoms with Crippen molar-refractivity contribution in [3.05, 3.63) is 11.4 Å². The van der Waals surface area contributed by atoms with E-state index in [0.717, 1.165) is 42.5 Å². The standard InChI is InChI=1S/C15H28N4/c1-8-10-19(9-2)13-11(3)12(16-7)17-14(18-13)15(4,5)6/h8-10H2,1-7H3,(H,16,17,18). The summed E-state index contributed by atoms with van der Waals surface area (Å²) in [5, 5.41) is 3.19. The van der Waals surface area contributed by atoms with E-state index in [0.29, 0.717) is 0 Å². The summed E-state index contributed by atoms with van der Waals surface area (Å²) in [7, 11) is 1.92. The first-order valence-corrected chi connectivity index (χ1v) is 7.16. The molecule has 0 radical (unpaired) electrons. The lowest BCUT2D eigenvalue weighted by molar-refractivity contribution is 0.544. The molecular weight excluding hydrogens is 236 g/mol. The summed E-state index contributed by atoms with van der Waals surface area (Å²) in [5.41, 5.74) is 1.09. The summed E-state index contributed by atoms with van der Waals surface area (Å²) >= 11 is 0. The van der Waals surface area contributed by atoms with Crippen molar-refractivity contribution >= 4 is 11.6 Å². The molecule has 108 valence electrons. The van der Waals surface area contributed by atoms with Crippen LogP contribution in [0.1, 0.15) is 52.4 Å². The van der Waals surface area contributed by atoms with Crippen LogP contribution in [0.15, 0.2) is 0 Å². The number of hydrogen-bond donors (Lipinski definition) is 1. The Kier molecular flexibility index (Phi) is 5.15. The number of hydrogen-bond acceptors (Lipinski definition) is 4. The first-order chi connectivity index (χ1) is 8.85. The van der Waals surface area contributed by atoms with Crippen molar-refractivity contribution in [2.75, 3.05) is 30.4 Å². The zero-order valence-corrected chi connectivity index (χ0v) is 13.5. The average molecular weight is 264 g/mol. The van der Waals surface area contributed by atoms with Gasteiger partial charge in [-0.1, -0.05) is 27.7 Å². The highest BCUT2D eigenvalue weighted by molar-refractivity contribution is 5.58. The van der Waals surface area contributed by atoms with Crippen LogP contribution in [0.4, 0.5) is 11.6 Å². The number of anilines is 2. The molecule has 0 atom stereocenters. The minimum atomic E-state index is -0.0420. The fourth-order valence-electron chi connectivity index (χ4n) is 2.08. The van der Waals surface area contributed by atoms with Crippen molar-refractivity contribution in [2.24, 2.45) is 0 Å². The molecular formula is C15H28N4. The predicted molar refractivity (Wildman–Crippen MR) is 83.2 cm³/mol. The first-order valence-electron chi connectivity index (χ1n) is 7.16. The maximum atomic E-state index is 4.82. The summed E-state index contributed by atoms with van der Waals surface area (Å²) < 4.78 is 0. The van der Waals surface area contributed by atoms with Gasteiger partial charge in [-0.05, 0) is 20.3 Å². The molecule has 4 heteroatoms. The van der Waals surface area contributed by atoms with Gasteiger partial charge in [0.05, 0.1) is 0 Å². The third kappa shape index (κ3) is 3.58. The molecule has 0 fully saturated rings. The van der Waals surface area contributed by atoms with Gasteiger partial charge in [0.2, 0.25) is 0 Å². The van der Waals surface area contributed by atoms with Crippen LogP contribution >= 0.6 is 0 Å². The molecule has 1 aromatic rings. The molecule has 0 amide bonds. The summed E-state index contributed by atoms with van der Waals surface area (Å²) in [6.07, 6.45) is 1.12. The van der Waals surface area contributed by atoms with Gasteiger partial charge < -0.3 is 10.2 Å². The van der Waals surface area contributed by atoms with Crippen molar-refractivity contribution < 1.29 is 0 Å². The van der Waals surface area contributed by atoms with Crippen LogP contribution in [0.25, 0.3) is 0 Å². The molecule has 0 unspecified atom stereocenters. The number of nitrogens with zero attached hydrogens (tertiary/aromatic N) is 3. The maximum absolute atomic E-state index is 4.82. The Bertz CT molecular complexity index is 421. The highest BCUT2D eigenvalue weighted by Crippen LogP contribution is 2.28. The van der Waals surface area contributed by atoms with Gasteiger partial charge in [-0.25, -0.2) is 9.97 Å². The zero-order chi connectivity index (χ0) is 14.6. The largest absolute Gasteiger partial charge is 0.373 e. The van der Waals surface area contributed by atoms with E-state index < -0.39 is 0 Å². The monoisotopic (exact) mass is 264 g/mol. The third-order valence-corrected chi connectivity index (χ3v) is 3.20. The molecule has 1 aromatic heterocycles. The maximum Gasteiger partial charge on any atom is 0.138 e. The minimum absolute atomic E-state index is 0.0420. The molecule has 0 spiro atoms. The van der Waals surface area contributed by atoms with Crippen LogP contribution in [0.3, 0.4) is 0 Å². The molecule has 0 saturated heterocycles. The molecule has 19 heavy (non-hydrogen) atoms. The molecule has 0 aliphatic carbocycles. The van der Waals surface area contributed by atoms with Crippen LogP contribution in [0.5, 0.6) is 0 Å². The van der Waals surface area contributed by atoms with Crippen LogP contribution in [-0.4, -0.2) is 30.1 Å². The van der Waals surface area contributed by atoms with E-state index in [-0.39, 0.29) is 5.41 Å². The second kappa shape index (κ2) is 6.22. The van der Waals surface area contributed by atoms with Gasteiger partial charge >= 0.3 is 0 Å². The second-order valence-corrected chi connectivity index (χ2v) is 5.92. The van der Waals surface area contributed by atoms with Crippen molar-refractivity contribution in [3.8, 4) is 0 Å². The molecule has 0 aliphatic heterocycles. The van der Waals surface area contributed by atoms with Gasteiger partial charge in [0.25, 0.3) is 0 Å². The van der Waals surface area contributed by atoms with Gasteiger partial charge in [-0.2, -0.15) is 0 Å². The van der Waals surface area contributed by atoms with Crippen LogP contribution in [0.2, 0.25) is 0 Å². The summed E-state index contributed by atoms with van der Waals surface area (Å²) in [6, 6.07) is 0. The Morgan fingerprint density at radius 2 is 1.79 bits per heavy atom. The van der Waals surface area contributed by atoms with Crippen molar-refractivity contribution in [1.29, 1.82) is 0 Å². The van der Waals surface area contributed by atoms with E-state index in [2.05, 4.69) is 56.7 Å². The molecule has 1 heterocycles. The second-order valence-electron chi connectivity index (χ2n) is 5.92. The Hall–Kier alpha value is -1.32. The molecule has 0 aliphatic rings. The quantitative estimate of drug-likeness (QED) is 0.885. The fraction of sp³-hybridized carbons (Fsp3) is 0.733. The highest BCUT2D eigenvalue weighted by Gasteiger charge is 2.22. The molecule has 4 nitrogen and oxygen atoms in total. The summed E-state index contributed by atoms with van der Waals surface area (Å²) in [6.45, 7) is 14.9. The Balaban J connectivity index is 3.36. The van der Waals surface area contributed by atoms with Gasteiger partial charge in [0.1, 0.15) is 17.5 Å². The fourth-order valence-corrected chi connectivity index (χ4v) is 2.08. The lowest BCUT2D eigenvalue weighted by Gasteiger charge is -2.27. The molecule has 0 aromatic carbocycles. The topological polar surface area (TPSA) is 41.1 Å². The lowest BCUT2D eigenvalue weighted by Crippen LogP contribution is -2.28. The first kappa shape index (κ1) is 15.7. The third-order valence-electron chi connectivity index (χ3n) is 3.20. The molecule has 0 saturated carbocycles. The van der Waals surface area contributed by atoms with Crippen molar-refractivity contribution in [3.63, 3.8) is 0 Å². The van der Waals surface area contributed by atoms with Crippen molar-refractivity contribution in [2.45, 2.75) is 53.4 Å². The van der Waals surface area contributed by atoms with E-state index in [1.54, 1.807) is 0 Å². The lowest BCUT2D eigenvalue weighted by atomic mass is 9.95. The molecule has 1 N–H and O–H groups in total. The average Bonchev–Trinajstić information content (AvgIpc) is 2.35. The molecule has 0 bridgehead atoms. The van der Waals surface area contributed by atoms with Gasteiger partial charge in [-0.15, -0.1) is 0 Å².